The van der Waals surface area contributed by atoms with Crippen LogP contribution in [0.3, 0.4) is 0 Å². The van der Waals surface area contributed by atoms with Gasteiger partial charge in [0.1, 0.15) is 12.4 Å². The number of nitrogens with two attached hydrogens (primary N) is 1. The van der Waals surface area contributed by atoms with Crippen LogP contribution < -0.4 is 5.73 Å². The molecule has 3 nitrogen and oxygen atoms in total. The average Bonchev–Trinajstić information content (AvgIpc) is 2.36. The predicted molar refractivity (Wildman–Crippen MR) is 81.8 cm³/mol. The van der Waals surface area contributed by atoms with Gasteiger partial charge in [-0.15, -0.1) is 0 Å². The van der Waals surface area contributed by atoms with Gasteiger partial charge in [-0.3, -0.25) is 0 Å². The van der Waals surface area contributed by atoms with E-state index < -0.39 is 11.8 Å². The van der Waals surface area contributed by atoms with Crippen molar-refractivity contribution in [1.29, 1.82) is 0 Å². The van der Waals surface area contributed by atoms with Gasteiger partial charge in [-0.25, -0.2) is 9.18 Å². The summed E-state index contributed by atoms with van der Waals surface area (Å²) in [6.07, 6.45) is 0. The minimum Gasteiger partial charge on any atom is -0.457 e. The Bertz CT molecular complexity index is 641. The van der Waals surface area contributed by atoms with E-state index in [2.05, 4.69) is 31.9 Å². The second kappa shape index (κ2) is 6.37. The topological polar surface area (TPSA) is 52.3 Å². The third-order valence-electron chi connectivity index (χ3n) is 2.53. The number of carbonyl (C=O) groups excluding carboxylic acids is 1. The summed E-state index contributed by atoms with van der Waals surface area (Å²) >= 11 is 6.41. The number of hydrogen-bond donors (Lipinski definition) is 1. The summed E-state index contributed by atoms with van der Waals surface area (Å²) in [6.45, 7) is -0.135. The zero-order valence-corrected chi connectivity index (χ0v) is 13.4. The molecule has 0 spiro atoms. The Morgan fingerprint density at radius 1 is 1.15 bits per heavy atom. The van der Waals surface area contributed by atoms with Crippen LogP contribution in [-0.4, -0.2) is 5.97 Å². The number of hydrogen-bond acceptors (Lipinski definition) is 3. The van der Waals surface area contributed by atoms with Gasteiger partial charge in [0.25, 0.3) is 0 Å². The molecular weight excluding hydrogens is 393 g/mol. The molecule has 0 aliphatic rings. The van der Waals surface area contributed by atoms with Crippen molar-refractivity contribution < 1.29 is 13.9 Å². The molecule has 0 aliphatic heterocycles. The average molecular weight is 403 g/mol. The zero-order chi connectivity index (χ0) is 14.7. The Morgan fingerprint density at radius 3 is 2.55 bits per heavy atom. The first kappa shape index (κ1) is 15.0. The molecule has 0 heterocycles. The summed E-state index contributed by atoms with van der Waals surface area (Å²) in [5.41, 5.74) is 6.71. The Balaban J connectivity index is 2.08. The summed E-state index contributed by atoms with van der Waals surface area (Å²) in [7, 11) is 0. The third-order valence-corrected chi connectivity index (χ3v) is 3.48. The molecule has 0 amide bonds. The van der Waals surface area contributed by atoms with Crippen molar-refractivity contribution in [3.63, 3.8) is 0 Å². The first-order chi connectivity index (χ1) is 9.45. The van der Waals surface area contributed by atoms with Gasteiger partial charge in [0, 0.05) is 20.2 Å². The summed E-state index contributed by atoms with van der Waals surface area (Å²) in [5.74, 6) is -0.985. The fourth-order valence-electron chi connectivity index (χ4n) is 1.60. The monoisotopic (exact) mass is 401 g/mol. The van der Waals surface area contributed by atoms with Gasteiger partial charge < -0.3 is 10.5 Å². The Labute approximate surface area is 132 Å². The van der Waals surface area contributed by atoms with Crippen molar-refractivity contribution in [2.24, 2.45) is 0 Å². The van der Waals surface area contributed by atoms with Crippen molar-refractivity contribution >= 4 is 43.5 Å². The molecule has 0 bridgehead atoms. The molecule has 0 unspecified atom stereocenters. The van der Waals surface area contributed by atoms with Crippen LogP contribution >= 0.6 is 31.9 Å². The standard InChI is InChI=1S/C14H10Br2FNO2/c15-10-2-1-8(13(17)6-10)7-20-14(19)9-3-11(16)5-12(18)4-9/h1-6H,7,18H2. The van der Waals surface area contributed by atoms with Crippen molar-refractivity contribution in [2.75, 3.05) is 5.73 Å². The van der Waals surface area contributed by atoms with Gasteiger partial charge in [0.05, 0.1) is 5.56 Å². The SMILES string of the molecule is Nc1cc(Br)cc(C(=O)OCc2ccc(Br)cc2F)c1. The third kappa shape index (κ3) is 3.80. The number of halogens is 3. The maximum absolute atomic E-state index is 13.6. The van der Waals surface area contributed by atoms with Crippen LogP contribution in [0, 0.1) is 5.82 Å². The van der Waals surface area contributed by atoms with Crippen molar-refractivity contribution in [3.8, 4) is 0 Å². The molecule has 0 radical (unpaired) electrons. The van der Waals surface area contributed by atoms with Gasteiger partial charge >= 0.3 is 5.97 Å². The highest BCUT2D eigenvalue weighted by Gasteiger charge is 2.11. The van der Waals surface area contributed by atoms with E-state index in [1.807, 2.05) is 0 Å². The molecule has 0 atom stereocenters. The number of nitrogen functional groups attached to an aromatic ring is 1. The molecule has 0 aromatic heterocycles. The molecule has 0 saturated carbocycles. The second-order valence-electron chi connectivity index (χ2n) is 4.09. The van der Waals surface area contributed by atoms with E-state index in [0.717, 1.165) is 0 Å². The van der Waals surface area contributed by atoms with E-state index in [9.17, 15) is 9.18 Å². The number of benzene rings is 2. The van der Waals surface area contributed by atoms with Gasteiger partial charge in [-0.1, -0.05) is 37.9 Å². The largest absolute Gasteiger partial charge is 0.457 e. The molecule has 0 saturated heterocycles. The fourth-order valence-corrected chi connectivity index (χ4v) is 2.44. The molecular formula is C14H10Br2FNO2. The molecule has 0 aliphatic carbocycles. The van der Waals surface area contributed by atoms with Crippen molar-refractivity contribution in [2.45, 2.75) is 6.61 Å². The zero-order valence-electron chi connectivity index (χ0n) is 10.2. The smallest absolute Gasteiger partial charge is 0.338 e. The van der Waals surface area contributed by atoms with Crippen molar-refractivity contribution in [1.82, 2.24) is 0 Å². The minimum atomic E-state index is -0.555. The van der Waals surface area contributed by atoms with E-state index in [0.29, 0.717) is 25.8 Å². The summed E-state index contributed by atoms with van der Waals surface area (Å²) in [6, 6.07) is 9.33. The second-order valence-corrected chi connectivity index (χ2v) is 5.92. The van der Waals surface area contributed by atoms with Crippen LogP contribution in [0.1, 0.15) is 15.9 Å². The Morgan fingerprint density at radius 2 is 1.90 bits per heavy atom. The van der Waals surface area contributed by atoms with Crippen molar-refractivity contribution in [3.05, 3.63) is 62.3 Å². The highest BCUT2D eigenvalue weighted by molar-refractivity contribution is 9.10. The number of anilines is 1. The summed E-state index contributed by atoms with van der Waals surface area (Å²) in [4.78, 5) is 11.9. The van der Waals surface area contributed by atoms with E-state index >= 15 is 0 Å². The van der Waals surface area contributed by atoms with Crippen LogP contribution in [-0.2, 0) is 11.3 Å². The molecule has 2 rings (SSSR count). The summed E-state index contributed by atoms with van der Waals surface area (Å²) < 4.78 is 20.0. The fraction of sp³-hybridized carbons (Fsp3) is 0.0714. The van der Waals surface area contributed by atoms with Gasteiger partial charge in [-0.05, 0) is 30.3 Å². The molecule has 6 heteroatoms. The maximum Gasteiger partial charge on any atom is 0.338 e. The molecule has 0 fully saturated rings. The van der Waals surface area contributed by atoms with Crippen LogP contribution in [0.5, 0.6) is 0 Å². The summed E-state index contributed by atoms with van der Waals surface area (Å²) in [5, 5.41) is 0. The number of esters is 1. The number of ether oxygens (including phenoxy) is 1. The van der Waals surface area contributed by atoms with Crippen LogP contribution in [0.25, 0.3) is 0 Å². The quantitative estimate of drug-likeness (QED) is 0.615. The lowest BCUT2D eigenvalue weighted by Gasteiger charge is -2.07. The van der Waals surface area contributed by atoms with Crippen LogP contribution in [0.2, 0.25) is 0 Å². The lowest BCUT2D eigenvalue weighted by molar-refractivity contribution is 0.0469. The van der Waals surface area contributed by atoms with E-state index in [1.54, 1.807) is 24.3 Å². The first-order valence-corrected chi connectivity index (χ1v) is 7.21. The normalized spacial score (nSPS) is 10.3. The van der Waals surface area contributed by atoms with Gasteiger partial charge in [0.2, 0.25) is 0 Å². The Kier molecular flexibility index (Phi) is 4.77. The first-order valence-electron chi connectivity index (χ1n) is 5.63. The highest BCUT2D eigenvalue weighted by atomic mass is 79.9. The van der Waals surface area contributed by atoms with E-state index in [4.69, 9.17) is 10.5 Å². The minimum absolute atomic E-state index is 0.135. The maximum atomic E-state index is 13.6. The van der Waals surface area contributed by atoms with Crippen LogP contribution in [0.4, 0.5) is 10.1 Å². The number of rotatable bonds is 3. The van der Waals surface area contributed by atoms with Crippen LogP contribution in [0.15, 0.2) is 45.3 Å². The molecule has 2 aromatic rings. The van der Waals surface area contributed by atoms with Gasteiger partial charge in [0.15, 0.2) is 0 Å². The predicted octanol–water partition coefficient (Wildman–Crippen LogP) is 4.29. The molecule has 104 valence electrons. The molecule has 2 aromatic carbocycles. The molecule has 20 heavy (non-hydrogen) atoms. The van der Waals surface area contributed by atoms with Gasteiger partial charge in [-0.2, -0.15) is 0 Å². The van der Waals surface area contributed by atoms with E-state index in [1.165, 1.54) is 12.1 Å². The van der Waals surface area contributed by atoms with E-state index in [-0.39, 0.29) is 6.61 Å². The lowest BCUT2D eigenvalue weighted by atomic mass is 10.2. The Hall–Kier alpha value is -1.40. The highest BCUT2D eigenvalue weighted by Crippen LogP contribution is 2.19. The lowest BCUT2D eigenvalue weighted by Crippen LogP contribution is -2.07. The molecule has 2 N–H and O–H groups in total. The number of carbonyl (C=O) groups is 1.